The smallest absolute Gasteiger partial charge is 0.284 e. The van der Waals surface area contributed by atoms with E-state index in [0.717, 1.165) is 16.0 Å². The van der Waals surface area contributed by atoms with Gasteiger partial charge in [-0.25, -0.2) is 4.90 Å². The molecule has 0 radical (unpaired) electrons. The summed E-state index contributed by atoms with van der Waals surface area (Å²) in [7, 11) is 0. The zero-order valence-corrected chi connectivity index (χ0v) is 14.9. The van der Waals surface area contributed by atoms with E-state index in [4.69, 9.17) is 0 Å². The van der Waals surface area contributed by atoms with Gasteiger partial charge in [0.1, 0.15) is 5.69 Å². The number of anilines is 1. The number of benzene rings is 2. The summed E-state index contributed by atoms with van der Waals surface area (Å²) in [5.41, 5.74) is 3.89. The van der Waals surface area contributed by atoms with Crippen LogP contribution in [-0.4, -0.2) is 22.6 Å². The fraction of sp³-hybridized carbons (Fsp3) is 0.0909. The highest BCUT2D eigenvalue weighted by Gasteiger charge is 2.37. The van der Waals surface area contributed by atoms with Crippen molar-refractivity contribution in [1.82, 2.24) is 4.98 Å². The predicted molar refractivity (Wildman–Crippen MR) is 101 cm³/mol. The molecule has 0 saturated heterocycles. The van der Waals surface area contributed by atoms with Crippen molar-refractivity contribution in [3.8, 4) is 0 Å². The van der Waals surface area contributed by atoms with Crippen LogP contribution >= 0.6 is 0 Å². The molecule has 132 valence electrons. The van der Waals surface area contributed by atoms with Gasteiger partial charge in [-0.3, -0.25) is 19.4 Å². The molecule has 0 saturated carbocycles. The molecule has 0 fully saturated rings. The Labute approximate surface area is 156 Å². The molecule has 0 bridgehead atoms. The molecule has 1 aliphatic heterocycles. The molecule has 5 heteroatoms. The summed E-state index contributed by atoms with van der Waals surface area (Å²) in [4.78, 5) is 43.2. The van der Waals surface area contributed by atoms with Crippen LogP contribution in [0.15, 0.2) is 60.8 Å². The maximum atomic E-state index is 12.9. The SMILES string of the molecule is Cc1ccc(C(=O)c2cccc(N3C(=O)c4cccnc4C3=O)c2)cc1C. The topological polar surface area (TPSA) is 67.3 Å². The molecule has 1 aromatic heterocycles. The van der Waals surface area contributed by atoms with E-state index in [0.29, 0.717) is 16.8 Å². The van der Waals surface area contributed by atoms with E-state index in [1.807, 2.05) is 26.0 Å². The molecule has 3 aromatic rings. The number of hydrogen-bond acceptors (Lipinski definition) is 4. The van der Waals surface area contributed by atoms with Crippen LogP contribution in [0.3, 0.4) is 0 Å². The van der Waals surface area contributed by atoms with Crippen LogP contribution in [-0.2, 0) is 0 Å². The number of amides is 2. The standard InChI is InChI=1S/C22H16N2O3/c1-13-8-9-16(11-14(13)2)20(25)15-5-3-6-17(12-15)24-21(26)18-7-4-10-23-19(18)22(24)27/h3-12H,1-2H3. The van der Waals surface area contributed by atoms with Gasteiger partial charge in [0.05, 0.1) is 11.3 Å². The number of nitrogens with zero attached hydrogens (tertiary/aromatic N) is 2. The maximum Gasteiger partial charge on any atom is 0.284 e. The average molecular weight is 356 g/mol. The van der Waals surface area contributed by atoms with Crippen molar-refractivity contribution in [3.05, 3.63) is 94.3 Å². The van der Waals surface area contributed by atoms with Crippen LogP contribution < -0.4 is 4.90 Å². The van der Waals surface area contributed by atoms with Crippen molar-refractivity contribution in [2.75, 3.05) is 4.90 Å². The van der Waals surface area contributed by atoms with Crippen molar-refractivity contribution in [3.63, 3.8) is 0 Å². The lowest BCUT2D eigenvalue weighted by atomic mass is 9.99. The number of pyridine rings is 1. The Morgan fingerprint density at radius 1 is 0.852 bits per heavy atom. The number of imide groups is 1. The lowest BCUT2D eigenvalue weighted by Gasteiger charge is -2.14. The lowest BCUT2D eigenvalue weighted by molar-refractivity contribution is 0.0923. The lowest BCUT2D eigenvalue weighted by Crippen LogP contribution is -2.29. The van der Waals surface area contributed by atoms with E-state index in [1.54, 1.807) is 42.5 Å². The van der Waals surface area contributed by atoms with Crippen LogP contribution in [0.5, 0.6) is 0 Å². The molecular weight excluding hydrogens is 340 g/mol. The van der Waals surface area contributed by atoms with E-state index in [9.17, 15) is 14.4 Å². The number of aromatic nitrogens is 1. The third-order valence-electron chi connectivity index (χ3n) is 4.78. The summed E-state index contributed by atoms with van der Waals surface area (Å²) in [5, 5.41) is 0. The predicted octanol–water partition coefficient (Wildman–Crippen LogP) is 3.73. The fourth-order valence-corrected chi connectivity index (χ4v) is 3.14. The van der Waals surface area contributed by atoms with Gasteiger partial charge in [-0.05, 0) is 55.3 Å². The summed E-state index contributed by atoms with van der Waals surface area (Å²) in [6.45, 7) is 3.94. The van der Waals surface area contributed by atoms with Gasteiger partial charge in [0.15, 0.2) is 5.78 Å². The fourth-order valence-electron chi connectivity index (χ4n) is 3.14. The number of carbonyl (C=O) groups excluding carboxylic acids is 3. The van der Waals surface area contributed by atoms with Gasteiger partial charge in [0, 0.05) is 17.3 Å². The first-order valence-corrected chi connectivity index (χ1v) is 8.53. The number of ketones is 1. The molecule has 2 aromatic carbocycles. The van der Waals surface area contributed by atoms with Crippen LogP contribution in [0.4, 0.5) is 5.69 Å². The second kappa shape index (κ2) is 6.29. The van der Waals surface area contributed by atoms with Crippen LogP contribution in [0, 0.1) is 13.8 Å². The van der Waals surface area contributed by atoms with E-state index < -0.39 is 11.8 Å². The van der Waals surface area contributed by atoms with Crippen molar-refractivity contribution in [2.24, 2.45) is 0 Å². The van der Waals surface area contributed by atoms with Crippen LogP contribution in [0.1, 0.15) is 47.9 Å². The molecule has 0 unspecified atom stereocenters. The second-order valence-corrected chi connectivity index (χ2v) is 6.52. The molecule has 0 N–H and O–H groups in total. The number of aryl methyl sites for hydroxylation is 2. The van der Waals surface area contributed by atoms with E-state index in [1.165, 1.54) is 6.20 Å². The minimum Gasteiger partial charge on any atom is -0.289 e. The van der Waals surface area contributed by atoms with Crippen LogP contribution in [0.25, 0.3) is 0 Å². The van der Waals surface area contributed by atoms with Gasteiger partial charge in [-0.15, -0.1) is 0 Å². The Kier molecular flexibility index (Phi) is 3.92. The summed E-state index contributed by atoms with van der Waals surface area (Å²) in [6, 6.07) is 15.3. The molecule has 5 nitrogen and oxygen atoms in total. The Bertz CT molecular complexity index is 1080. The Balaban J connectivity index is 1.71. The molecule has 1 aliphatic rings. The van der Waals surface area contributed by atoms with Crippen molar-refractivity contribution < 1.29 is 14.4 Å². The summed E-state index contributed by atoms with van der Waals surface area (Å²) >= 11 is 0. The molecule has 2 amide bonds. The number of hydrogen-bond donors (Lipinski definition) is 0. The van der Waals surface area contributed by atoms with Gasteiger partial charge in [0.2, 0.25) is 0 Å². The molecule has 0 aliphatic carbocycles. The summed E-state index contributed by atoms with van der Waals surface area (Å²) < 4.78 is 0. The Morgan fingerprint density at radius 2 is 1.63 bits per heavy atom. The molecular formula is C22H16N2O3. The number of fused-ring (bicyclic) bond motifs is 1. The van der Waals surface area contributed by atoms with Crippen molar-refractivity contribution in [1.29, 1.82) is 0 Å². The Hall–Kier alpha value is -3.60. The maximum absolute atomic E-state index is 12.9. The highest BCUT2D eigenvalue weighted by atomic mass is 16.2. The van der Waals surface area contributed by atoms with Crippen molar-refractivity contribution in [2.45, 2.75) is 13.8 Å². The first-order chi connectivity index (χ1) is 13.0. The van der Waals surface area contributed by atoms with Gasteiger partial charge in [-0.1, -0.05) is 24.3 Å². The van der Waals surface area contributed by atoms with E-state index in [2.05, 4.69) is 4.98 Å². The third kappa shape index (κ3) is 2.73. The third-order valence-corrected chi connectivity index (χ3v) is 4.78. The first-order valence-electron chi connectivity index (χ1n) is 8.53. The molecule has 0 spiro atoms. The van der Waals surface area contributed by atoms with E-state index >= 15 is 0 Å². The quantitative estimate of drug-likeness (QED) is 0.530. The average Bonchev–Trinajstić information content (AvgIpc) is 2.94. The van der Waals surface area contributed by atoms with E-state index in [-0.39, 0.29) is 17.0 Å². The first kappa shape index (κ1) is 16.8. The molecule has 2 heterocycles. The minimum atomic E-state index is -0.480. The van der Waals surface area contributed by atoms with Gasteiger partial charge < -0.3 is 0 Å². The number of carbonyl (C=O) groups is 3. The Morgan fingerprint density at radius 3 is 2.37 bits per heavy atom. The normalized spacial score (nSPS) is 13.0. The zero-order valence-electron chi connectivity index (χ0n) is 14.9. The second-order valence-electron chi connectivity index (χ2n) is 6.52. The summed E-state index contributed by atoms with van der Waals surface area (Å²) in [6.07, 6.45) is 1.48. The highest BCUT2D eigenvalue weighted by Crippen LogP contribution is 2.28. The van der Waals surface area contributed by atoms with Gasteiger partial charge in [-0.2, -0.15) is 0 Å². The van der Waals surface area contributed by atoms with Crippen LogP contribution in [0.2, 0.25) is 0 Å². The zero-order chi connectivity index (χ0) is 19.1. The molecule has 0 atom stereocenters. The van der Waals surface area contributed by atoms with Gasteiger partial charge >= 0.3 is 0 Å². The van der Waals surface area contributed by atoms with Gasteiger partial charge in [0.25, 0.3) is 11.8 Å². The van der Waals surface area contributed by atoms with Crippen molar-refractivity contribution >= 4 is 23.3 Å². The summed E-state index contributed by atoms with van der Waals surface area (Å²) in [5.74, 6) is -1.07. The monoisotopic (exact) mass is 356 g/mol. The minimum absolute atomic E-state index is 0.133. The molecule has 27 heavy (non-hydrogen) atoms. The largest absolute Gasteiger partial charge is 0.289 e. The number of rotatable bonds is 3. The highest BCUT2D eigenvalue weighted by molar-refractivity contribution is 6.33. The molecule has 4 rings (SSSR count).